The second-order valence-electron chi connectivity index (χ2n) is 4.28. The molecule has 3 N–H and O–H groups in total. The fourth-order valence-electron chi connectivity index (χ4n) is 1.86. The van der Waals surface area contributed by atoms with Crippen LogP contribution in [0.4, 0.5) is 11.4 Å². The lowest BCUT2D eigenvalue weighted by atomic mass is 10.1. The second kappa shape index (κ2) is 6.51. The summed E-state index contributed by atoms with van der Waals surface area (Å²) in [6.45, 7) is 0.341. The van der Waals surface area contributed by atoms with E-state index in [0.29, 0.717) is 18.7 Å². The van der Waals surface area contributed by atoms with Gasteiger partial charge in [0.15, 0.2) is 0 Å². The van der Waals surface area contributed by atoms with Gasteiger partial charge >= 0.3 is 0 Å². The van der Waals surface area contributed by atoms with Gasteiger partial charge in [-0.05, 0) is 12.1 Å². The number of hydrogen-bond donors (Lipinski definition) is 3. The van der Waals surface area contributed by atoms with E-state index in [4.69, 9.17) is 0 Å². The molecule has 1 aromatic heterocycles. The highest BCUT2D eigenvalue weighted by molar-refractivity contribution is 5.99. The van der Waals surface area contributed by atoms with Gasteiger partial charge in [-0.2, -0.15) is 0 Å². The number of carbonyl (C=O) groups excluding carboxylic acids is 1. The Morgan fingerprint density at radius 2 is 2.29 bits per heavy atom. The molecular weight excluding hydrogens is 274 g/mol. The Labute approximate surface area is 120 Å². The standard InChI is InChI=1S/C13H15N5O3/c1-14-9-2-3-11(18(20)21)10(8-9)13(19)17-5-4-12-15-6-7-16-12/h2-3,6-8,14H,4-5H2,1H3,(H,15,16)(H,17,19). The first-order chi connectivity index (χ1) is 10.1. The highest BCUT2D eigenvalue weighted by atomic mass is 16.6. The third-order valence-corrected chi connectivity index (χ3v) is 2.93. The molecule has 1 heterocycles. The van der Waals surface area contributed by atoms with E-state index in [0.717, 1.165) is 5.82 Å². The monoisotopic (exact) mass is 289 g/mol. The van der Waals surface area contributed by atoms with Gasteiger partial charge in [0.05, 0.1) is 4.92 Å². The number of aromatic nitrogens is 2. The van der Waals surface area contributed by atoms with Crippen LogP contribution in [0.15, 0.2) is 30.6 Å². The van der Waals surface area contributed by atoms with Crippen LogP contribution in [0.25, 0.3) is 0 Å². The Kier molecular flexibility index (Phi) is 4.50. The number of imidazole rings is 1. The van der Waals surface area contributed by atoms with Crippen LogP contribution >= 0.6 is 0 Å². The number of nitrogens with zero attached hydrogens (tertiary/aromatic N) is 2. The number of rotatable bonds is 6. The summed E-state index contributed by atoms with van der Waals surface area (Å²) in [5.74, 6) is 0.263. The Hall–Kier alpha value is -2.90. The van der Waals surface area contributed by atoms with Gasteiger partial charge in [-0.15, -0.1) is 0 Å². The van der Waals surface area contributed by atoms with Gasteiger partial charge in [0.1, 0.15) is 11.4 Å². The van der Waals surface area contributed by atoms with Gasteiger partial charge in [0, 0.05) is 44.2 Å². The minimum atomic E-state index is -0.569. The van der Waals surface area contributed by atoms with E-state index in [-0.39, 0.29) is 11.3 Å². The Balaban J connectivity index is 2.08. The largest absolute Gasteiger partial charge is 0.388 e. The first kappa shape index (κ1) is 14.5. The van der Waals surface area contributed by atoms with Crippen LogP contribution in [-0.4, -0.2) is 34.4 Å². The summed E-state index contributed by atoms with van der Waals surface area (Å²) in [7, 11) is 1.68. The maximum absolute atomic E-state index is 12.1. The van der Waals surface area contributed by atoms with Crippen molar-refractivity contribution < 1.29 is 9.72 Å². The summed E-state index contributed by atoms with van der Waals surface area (Å²) >= 11 is 0. The molecule has 21 heavy (non-hydrogen) atoms. The van der Waals surface area contributed by atoms with Gasteiger partial charge in [-0.3, -0.25) is 14.9 Å². The van der Waals surface area contributed by atoms with Crippen molar-refractivity contribution in [2.75, 3.05) is 18.9 Å². The van der Waals surface area contributed by atoms with Crippen LogP contribution in [-0.2, 0) is 6.42 Å². The third-order valence-electron chi connectivity index (χ3n) is 2.93. The molecule has 0 aliphatic carbocycles. The zero-order chi connectivity index (χ0) is 15.2. The molecular formula is C13H15N5O3. The summed E-state index contributed by atoms with van der Waals surface area (Å²) in [5, 5.41) is 16.5. The van der Waals surface area contributed by atoms with Gasteiger partial charge < -0.3 is 15.6 Å². The number of benzene rings is 1. The topological polar surface area (TPSA) is 113 Å². The Bertz CT molecular complexity index is 639. The smallest absolute Gasteiger partial charge is 0.282 e. The number of hydrogen-bond acceptors (Lipinski definition) is 5. The summed E-state index contributed by atoms with van der Waals surface area (Å²) in [6, 6.07) is 4.32. The van der Waals surface area contributed by atoms with E-state index in [2.05, 4.69) is 20.6 Å². The molecule has 8 nitrogen and oxygen atoms in total. The molecule has 2 rings (SSSR count). The van der Waals surface area contributed by atoms with Gasteiger partial charge in [-0.25, -0.2) is 4.98 Å². The van der Waals surface area contributed by atoms with Crippen molar-refractivity contribution in [3.8, 4) is 0 Å². The van der Waals surface area contributed by atoms with Crippen LogP contribution in [0.1, 0.15) is 16.2 Å². The number of carbonyl (C=O) groups is 1. The molecule has 0 bridgehead atoms. The molecule has 1 amide bonds. The van der Waals surface area contributed by atoms with E-state index in [9.17, 15) is 14.9 Å². The first-order valence-corrected chi connectivity index (χ1v) is 6.34. The predicted octanol–water partition coefficient (Wildman–Crippen LogP) is 1.33. The molecule has 0 atom stereocenters. The van der Waals surface area contributed by atoms with Crippen molar-refractivity contribution in [3.63, 3.8) is 0 Å². The van der Waals surface area contributed by atoms with Crippen LogP contribution in [0.5, 0.6) is 0 Å². The quantitative estimate of drug-likeness (QED) is 0.548. The van der Waals surface area contributed by atoms with Crippen LogP contribution in [0.2, 0.25) is 0 Å². The number of amides is 1. The minimum absolute atomic E-state index is 0.0336. The van der Waals surface area contributed by atoms with E-state index < -0.39 is 10.8 Å². The molecule has 2 aromatic rings. The van der Waals surface area contributed by atoms with Crippen molar-refractivity contribution in [1.29, 1.82) is 0 Å². The molecule has 8 heteroatoms. The lowest BCUT2D eigenvalue weighted by molar-refractivity contribution is -0.385. The van der Waals surface area contributed by atoms with Crippen molar-refractivity contribution in [2.24, 2.45) is 0 Å². The zero-order valence-corrected chi connectivity index (χ0v) is 11.4. The third kappa shape index (κ3) is 3.56. The molecule has 0 aliphatic rings. The number of nitro benzene ring substituents is 1. The molecule has 0 saturated carbocycles. The molecule has 0 spiro atoms. The highest BCUT2D eigenvalue weighted by Gasteiger charge is 2.20. The fraction of sp³-hybridized carbons (Fsp3) is 0.231. The SMILES string of the molecule is CNc1ccc([N+](=O)[O-])c(C(=O)NCCc2ncc[nH]2)c1. The number of H-pyrrole nitrogens is 1. The summed E-state index contributed by atoms with van der Waals surface area (Å²) < 4.78 is 0. The maximum atomic E-state index is 12.1. The van der Waals surface area contributed by atoms with Gasteiger partial charge in [0.25, 0.3) is 11.6 Å². The average Bonchev–Trinajstić information content (AvgIpc) is 2.99. The molecule has 0 saturated heterocycles. The average molecular weight is 289 g/mol. The minimum Gasteiger partial charge on any atom is -0.388 e. The number of anilines is 1. The Morgan fingerprint density at radius 1 is 1.48 bits per heavy atom. The van der Waals surface area contributed by atoms with E-state index >= 15 is 0 Å². The van der Waals surface area contributed by atoms with Crippen LogP contribution in [0.3, 0.4) is 0 Å². The van der Waals surface area contributed by atoms with Crippen molar-refractivity contribution in [3.05, 3.63) is 52.1 Å². The summed E-state index contributed by atoms with van der Waals surface area (Å²) in [6.07, 6.45) is 3.84. The lowest BCUT2D eigenvalue weighted by Gasteiger charge is -2.07. The van der Waals surface area contributed by atoms with E-state index in [1.807, 2.05) is 0 Å². The number of nitro groups is 1. The molecule has 0 unspecified atom stereocenters. The molecule has 1 aromatic carbocycles. The normalized spacial score (nSPS) is 10.1. The van der Waals surface area contributed by atoms with Gasteiger partial charge in [-0.1, -0.05) is 0 Å². The van der Waals surface area contributed by atoms with E-state index in [1.165, 1.54) is 12.1 Å². The maximum Gasteiger partial charge on any atom is 0.282 e. The fourth-order valence-corrected chi connectivity index (χ4v) is 1.86. The van der Waals surface area contributed by atoms with Gasteiger partial charge in [0.2, 0.25) is 0 Å². The Morgan fingerprint density at radius 3 is 2.90 bits per heavy atom. The second-order valence-corrected chi connectivity index (χ2v) is 4.28. The first-order valence-electron chi connectivity index (χ1n) is 6.34. The summed E-state index contributed by atoms with van der Waals surface area (Å²) in [5.41, 5.74) is 0.451. The molecule has 0 radical (unpaired) electrons. The molecule has 110 valence electrons. The lowest BCUT2D eigenvalue weighted by Crippen LogP contribution is -2.26. The molecule has 0 fully saturated rings. The van der Waals surface area contributed by atoms with Crippen LogP contribution in [0, 0.1) is 10.1 Å². The van der Waals surface area contributed by atoms with Crippen molar-refractivity contribution in [2.45, 2.75) is 6.42 Å². The number of aromatic amines is 1. The van der Waals surface area contributed by atoms with Crippen molar-refractivity contribution in [1.82, 2.24) is 15.3 Å². The van der Waals surface area contributed by atoms with Crippen molar-refractivity contribution >= 4 is 17.3 Å². The van der Waals surface area contributed by atoms with Crippen LogP contribution < -0.4 is 10.6 Å². The van der Waals surface area contributed by atoms with E-state index in [1.54, 1.807) is 25.5 Å². The zero-order valence-electron chi connectivity index (χ0n) is 11.4. The highest BCUT2D eigenvalue weighted by Crippen LogP contribution is 2.22. The predicted molar refractivity (Wildman–Crippen MR) is 77.3 cm³/mol. The molecule has 0 aliphatic heterocycles. The number of nitrogens with one attached hydrogen (secondary N) is 3. The summed E-state index contributed by atoms with van der Waals surface area (Å²) in [4.78, 5) is 29.5.